The molecule has 4 N–H and O–H groups in total. The van der Waals surface area contributed by atoms with Crippen LogP contribution in [0.5, 0.6) is 0 Å². The molecule has 0 amide bonds. The molecule has 0 saturated carbocycles. The van der Waals surface area contributed by atoms with Crippen molar-refractivity contribution in [3.8, 4) is 0 Å². The van der Waals surface area contributed by atoms with Gasteiger partial charge in [-0.3, -0.25) is 0 Å². The molecule has 116 valence electrons. The molecule has 0 bridgehead atoms. The number of hydrogen-bond acceptors (Lipinski definition) is 4. The minimum absolute atomic E-state index is 0.155. The summed E-state index contributed by atoms with van der Waals surface area (Å²) in [7, 11) is -0.734. The van der Waals surface area contributed by atoms with Crippen LogP contribution < -0.4 is 11.8 Å². The quantitative estimate of drug-likeness (QED) is 0.665. The first-order valence-electron chi connectivity index (χ1n) is 7.93. The molecular weight excluding hydrogens is 287 g/mol. The van der Waals surface area contributed by atoms with Gasteiger partial charge in [-0.1, -0.05) is 54.7 Å². The average molecular weight is 306 g/mol. The van der Waals surface area contributed by atoms with E-state index in [9.17, 15) is 0 Å². The maximum Gasteiger partial charge on any atom is 0.524 e. The zero-order chi connectivity index (χ0) is 15.8. The number of hydrogen-bond donors (Lipinski definition) is 2. The Morgan fingerprint density at radius 3 is 2.52 bits per heavy atom. The predicted octanol–water partition coefficient (Wildman–Crippen LogP) is 2.68. The molecule has 5 heteroatoms. The van der Waals surface area contributed by atoms with Gasteiger partial charge in [0, 0.05) is 11.8 Å². The van der Waals surface area contributed by atoms with Crippen molar-refractivity contribution in [3.05, 3.63) is 70.2 Å². The fraction of sp³-hybridized carbons (Fsp3) is 0.222. The molecule has 0 aromatic heterocycles. The van der Waals surface area contributed by atoms with Crippen molar-refractivity contribution in [2.45, 2.75) is 18.8 Å². The van der Waals surface area contributed by atoms with Crippen molar-refractivity contribution in [2.75, 3.05) is 0 Å². The molecule has 0 spiro atoms. The van der Waals surface area contributed by atoms with Crippen molar-refractivity contribution >= 4 is 19.3 Å². The van der Waals surface area contributed by atoms with Crippen molar-refractivity contribution in [1.82, 2.24) is 0 Å². The Morgan fingerprint density at radius 1 is 1.00 bits per heavy atom. The molecular formula is C18H19BN2O2. The smallest absolute Gasteiger partial charge is 0.324 e. The highest BCUT2D eigenvalue weighted by Gasteiger charge is 2.38. The van der Waals surface area contributed by atoms with Crippen LogP contribution in [0.4, 0.5) is 0 Å². The second-order valence-electron chi connectivity index (χ2n) is 6.15. The first-order chi connectivity index (χ1) is 11.3. The van der Waals surface area contributed by atoms with E-state index in [1.807, 2.05) is 0 Å². The Kier molecular flexibility index (Phi) is 3.79. The second-order valence-corrected chi connectivity index (χ2v) is 6.15. The van der Waals surface area contributed by atoms with E-state index in [-0.39, 0.29) is 11.8 Å². The Hall–Kier alpha value is -1.92. The van der Waals surface area contributed by atoms with Gasteiger partial charge in [-0.15, -0.1) is 0 Å². The zero-order valence-corrected chi connectivity index (χ0v) is 12.8. The van der Waals surface area contributed by atoms with E-state index in [2.05, 4.69) is 54.7 Å². The number of allylic oxidation sites excluding steroid dienone is 6. The highest BCUT2D eigenvalue weighted by molar-refractivity contribution is 6.55. The predicted molar refractivity (Wildman–Crippen MR) is 92.6 cm³/mol. The number of nitrogens with two attached hydrogens (primary N) is 2. The van der Waals surface area contributed by atoms with Gasteiger partial charge in [0.15, 0.2) is 0 Å². The highest BCUT2D eigenvalue weighted by atomic mass is 16.7. The Balaban J connectivity index is 1.91. The summed E-state index contributed by atoms with van der Waals surface area (Å²) in [4.78, 5) is 0. The summed E-state index contributed by atoms with van der Waals surface area (Å²) in [5.74, 6) is 11.2. The Labute approximate surface area is 136 Å². The van der Waals surface area contributed by atoms with Crippen LogP contribution in [-0.4, -0.2) is 7.12 Å². The molecule has 4 nitrogen and oxygen atoms in total. The summed E-state index contributed by atoms with van der Waals surface area (Å²) in [6, 6.07) is 4.35. The van der Waals surface area contributed by atoms with E-state index in [1.54, 1.807) is 0 Å². The molecule has 2 atom stereocenters. The van der Waals surface area contributed by atoms with E-state index < -0.39 is 7.12 Å². The Bertz CT molecular complexity index is 748. The Morgan fingerprint density at radius 2 is 1.74 bits per heavy atom. The molecule has 1 aromatic rings. The monoisotopic (exact) mass is 306 g/mol. The molecule has 0 aliphatic heterocycles. The first-order valence-corrected chi connectivity index (χ1v) is 7.93. The van der Waals surface area contributed by atoms with Crippen molar-refractivity contribution < 1.29 is 9.51 Å². The van der Waals surface area contributed by atoms with Crippen LogP contribution in [-0.2, 0) is 15.9 Å². The van der Waals surface area contributed by atoms with Crippen LogP contribution in [0.3, 0.4) is 0 Å². The SMILES string of the molecule is NOB(ON)C1=Cc2ccc3c(c2C2C=CC=CC12)CCC=C3. The third-order valence-electron chi connectivity index (χ3n) is 4.98. The van der Waals surface area contributed by atoms with E-state index in [1.165, 1.54) is 22.3 Å². The molecule has 1 aromatic carbocycles. The van der Waals surface area contributed by atoms with Crippen LogP contribution in [0.25, 0.3) is 12.2 Å². The van der Waals surface area contributed by atoms with E-state index >= 15 is 0 Å². The van der Waals surface area contributed by atoms with Gasteiger partial charge in [-0.05, 0) is 40.6 Å². The van der Waals surface area contributed by atoms with Gasteiger partial charge in [0.2, 0.25) is 0 Å². The molecule has 0 heterocycles. The number of rotatable bonds is 3. The third kappa shape index (κ3) is 2.33. The lowest BCUT2D eigenvalue weighted by Crippen LogP contribution is -2.37. The van der Waals surface area contributed by atoms with Crippen LogP contribution in [0.1, 0.15) is 34.6 Å². The summed E-state index contributed by atoms with van der Waals surface area (Å²) in [6.45, 7) is 0. The van der Waals surface area contributed by atoms with Gasteiger partial charge < -0.3 is 9.51 Å². The fourth-order valence-electron chi connectivity index (χ4n) is 3.98. The van der Waals surface area contributed by atoms with Crippen LogP contribution in [0.2, 0.25) is 0 Å². The molecule has 23 heavy (non-hydrogen) atoms. The van der Waals surface area contributed by atoms with Crippen molar-refractivity contribution in [1.29, 1.82) is 0 Å². The molecule has 0 saturated heterocycles. The summed E-state index contributed by atoms with van der Waals surface area (Å²) >= 11 is 0. The largest absolute Gasteiger partial charge is 0.524 e. The van der Waals surface area contributed by atoms with Crippen LogP contribution in [0.15, 0.2) is 48.0 Å². The molecule has 4 rings (SSSR count). The van der Waals surface area contributed by atoms with Gasteiger partial charge in [0.05, 0.1) is 0 Å². The maximum atomic E-state index is 5.37. The molecule has 3 aliphatic carbocycles. The van der Waals surface area contributed by atoms with Gasteiger partial charge in [-0.25, -0.2) is 11.8 Å². The molecule has 3 aliphatic rings. The standard InChI is InChI=1S/C18H19BN2O2/c20-22-19(23-21)17-11-13-10-9-12-5-1-2-6-14(12)18(13)16-8-4-3-7-15(16)17/h1,3-5,7-11,15-16H,2,6,20-21H2. The zero-order valence-electron chi connectivity index (χ0n) is 12.8. The van der Waals surface area contributed by atoms with E-state index in [0.29, 0.717) is 0 Å². The lowest BCUT2D eigenvalue weighted by atomic mass is 9.60. The normalized spacial score (nSPS) is 23.8. The maximum absolute atomic E-state index is 5.37. The molecule has 2 unspecified atom stereocenters. The summed E-state index contributed by atoms with van der Waals surface area (Å²) < 4.78 is 9.86. The summed E-state index contributed by atoms with van der Waals surface area (Å²) in [5.41, 5.74) is 6.35. The number of fused-ring (bicyclic) bond motifs is 5. The lowest BCUT2D eigenvalue weighted by molar-refractivity contribution is 0.209. The average Bonchev–Trinajstić information content (AvgIpc) is 2.62. The van der Waals surface area contributed by atoms with E-state index in [0.717, 1.165) is 18.3 Å². The fourth-order valence-corrected chi connectivity index (χ4v) is 3.98. The highest BCUT2D eigenvalue weighted by Crippen LogP contribution is 2.45. The van der Waals surface area contributed by atoms with E-state index in [4.69, 9.17) is 21.3 Å². The second kappa shape index (κ2) is 5.94. The topological polar surface area (TPSA) is 70.5 Å². The number of benzene rings is 1. The van der Waals surface area contributed by atoms with Gasteiger partial charge in [-0.2, -0.15) is 0 Å². The minimum Gasteiger partial charge on any atom is -0.324 e. The van der Waals surface area contributed by atoms with Crippen molar-refractivity contribution in [2.24, 2.45) is 17.7 Å². The van der Waals surface area contributed by atoms with Gasteiger partial charge >= 0.3 is 7.12 Å². The summed E-state index contributed by atoms with van der Waals surface area (Å²) in [6.07, 6.45) is 17.3. The first kappa shape index (κ1) is 14.7. The molecule has 0 fully saturated rings. The van der Waals surface area contributed by atoms with Crippen molar-refractivity contribution in [3.63, 3.8) is 0 Å². The van der Waals surface area contributed by atoms with Gasteiger partial charge in [0.25, 0.3) is 0 Å². The van der Waals surface area contributed by atoms with Crippen LogP contribution in [0, 0.1) is 5.92 Å². The third-order valence-corrected chi connectivity index (χ3v) is 4.98. The molecule has 0 radical (unpaired) electrons. The van der Waals surface area contributed by atoms with Crippen LogP contribution >= 0.6 is 0 Å². The minimum atomic E-state index is -0.734. The summed E-state index contributed by atoms with van der Waals surface area (Å²) in [5, 5.41) is 0. The lowest BCUT2D eigenvalue weighted by Gasteiger charge is -2.35. The van der Waals surface area contributed by atoms with Gasteiger partial charge in [0.1, 0.15) is 0 Å².